The van der Waals surface area contributed by atoms with Crippen molar-refractivity contribution < 1.29 is 4.74 Å². The summed E-state index contributed by atoms with van der Waals surface area (Å²) in [6.07, 6.45) is 1.89. The average molecular weight is 342 g/mol. The first kappa shape index (κ1) is 16.0. The maximum Gasteiger partial charge on any atom is 0.337 e. The Morgan fingerprint density at radius 3 is 1.96 bits per heavy atom. The molecule has 3 aromatic carbocycles. The topological polar surface area (TPSA) is 36.2 Å². The second-order valence-corrected chi connectivity index (χ2v) is 5.90. The first-order valence-corrected chi connectivity index (χ1v) is 8.37. The lowest BCUT2D eigenvalue weighted by Gasteiger charge is -2.08. The van der Waals surface area contributed by atoms with E-state index >= 15 is 0 Å². The normalized spacial score (nSPS) is 10.7. The van der Waals surface area contributed by atoms with Crippen LogP contribution < -0.4 is 10.4 Å². The van der Waals surface area contributed by atoms with Crippen LogP contribution in [-0.2, 0) is 0 Å². The van der Waals surface area contributed by atoms with Crippen LogP contribution in [0.5, 0.6) is 5.75 Å². The van der Waals surface area contributed by atoms with Crippen molar-refractivity contribution in [3.63, 3.8) is 0 Å². The van der Waals surface area contributed by atoms with E-state index in [2.05, 4.69) is 0 Å². The third kappa shape index (κ3) is 2.82. The monoisotopic (exact) mass is 342 g/mol. The molecule has 4 rings (SSSR count). The van der Waals surface area contributed by atoms with Crippen molar-refractivity contribution in [1.29, 1.82) is 0 Å². The van der Waals surface area contributed by atoms with Gasteiger partial charge in [-0.3, -0.25) is 9.13 Å². The lowest BCUT2D eigenvalue weighted by atomic mass is 10.1. The van der Waals surface area contributed by atoms with E-state index in [4.69, 9.17) is 4.74 Å². The molecule has 26 heavy (non-hydrogen) atoms. The summed E-state index contributed by atoms with van der Waals surface area (Å²) in [4.78, 5) is 13.2. The van der Waals surface area contributed by atoms with Gasteiger partial charge in [0.25, 0.3) is 0 Å². The average Bonchev–Trinajstić information content (AvgIpc) is 3.06. The third-order valence-corrected chi connectivity index (χ3v) is 4.32. The van der Waals surface area contributed by atoms with Gasteiger partial charge in [0.05, 0.1) is 24.2 Å². The third-order valence-electron chi connectivity index (χ3n) is 4.32. The lowest BCUT2D eigenvalue weighted by Crippen LogP contribution is -2.22. The van der Waals surface area contributed by atoms with Crippen LogP contribution in [0.15, 0.2) is 95.9 Å². The minimum absolute atomic E-state index is 0.111. The zero-order chi connectivity index (χ0) is 17.9. The number of aromatic nitrogens is 2. The Balaban J connectivity index is 1.96. The molecule has 0 unspecified atom stereocenters. The number of rotatable bonds is 4. The molecular weight excluding hydrogens is 324 g/mol. The van der Waals surface area contributed by atoms with Crippen LogP contribution in [-0.4, -0.2) is 16.2 Å². The van der Waals surface area contributed by atoms with E-state index in [1.807, 2.05) is 91.1 Å². The molecule has 0 aliphatic heterocycles. The molecule has 0 aliphatic carbocycles. The smallest absolute Gasteiger partial charge is 0.337 e. The summed E-state index contributed by atoms with van der Waals surface area (Å²) in [7, 11) is 1.63. The number of hydrogen-bond donors (Lipinski definition) is 0. The van der Waals surface area contributed by atoms with Crippen LogP contribution in [0, 0.1) is 0 Å². The molecule has 4 aromatic rings. The number of nitrogens with zero attached hydrogens (tertiary/aromatic N) is 2. The van der Waals surface area contributed by atoms with E-state index in [9.17, 15) is 4.79 Å². The molecule has 0 radical (unpaired) electrons. The van der Waals surface area contributed by atoms with Crippen LogP contribution in [0.25, 0.3) is 22.6 Å². The van der Waals surface area contributed by atoms with Gasteiger partial charge in [-0.05, 0) is 36.4 Å². The summed E-state index contributed by atoms with van der Waals surface area (Å²) >= 11 is 0. The van der Waals surface area contributed by atoms with Gasteiger partial charge in [0.1, 0.15) is 5.75 Å². The number of imidazole rings is 1. The number of para-hydroxylation sites is 1. The van der Waals surface area contributed by atoms with Gasteiger partial charge in [0, 0.05) is 11.8 Å². The summed E-state index contributed by atoms with van der Waals surface area (Å²) in [5, 5.41) is 0. The predicted octanol–water partition coefficient (Wildman–Crippen LogP) is 4.30. The minimum atomic E-state index is -0.111. The van der Waals surface area contributed by atoms with Crippen molar-refractivity contribution in [3.8, 4) is 28.4 Å². The fraction of sp³-hybridized carbons (Fsp3) is 0.0455. The fourth-order valence-electron chi connectivity index (χ4n) is 3.01. The second-order valence-electron chi connectivity index (χ2n) is 5.90. The molecule has 0 atom stereocenters. The van der Waals surface area contributed by atoms with Crippen molar-refractivity contribution in [2.45, 2.75) is 0 Å². The summed E-state index contributed by atoms with van der Waals surface area (Å²) < 4.78 is 8.63. The fourth-order valence-corrected chi connectivity index (χ4v) is 3.01. The second kappa shape index (κ2) is 6.76. The van der Waals surface area contributed by atoms with E-state index in [0.29, 0.717) is 0 Å². The highest BCUT2D eigenvalue weighted by Crippen LogP contribution is 2.24. The van der Waals surface area contributed by atoms with E-state index in [1.165, 1.54) is 0 Å². The molecule has 0 amide bonds. The van der Waals surface area contributed by atoms with Gasteiger partial charge in [0.2, 0.25) is 0 Å². The lowest BCUT2D eigenvalue weighted by molar-refractivity contribution is 0.414. The first-order chi connectivity index (χ1) is 12.8. The van der Waals surface area contributed by atoms with Gasteiger partial charge in [-0.15, -0.1) is 0 Å². The molecular formula is C22H18N2O2. The zero-order valence-corrected chi connectivity index (χ0v) is 14.4. The Hall–Kier alpha value is -3.53. The Morgan fingerprint density at radius 2 is 1.35 bits per heavy atom. The molecule has 0 saturated carbocycles. The summed E-state index contributed by atoms with van der Waals surface area (Å²) in [5.41, 5.74) is 3.34. The van der Waals surface area contributed by atoms with Crippen LogP contribution >= 0.6 is 0 Å². The largest absolute Gasteiger partial charge is 0.497 e. The van der Waals surface area contributed by atoms with Gasteiger partial charge in [-0.25, -0.2) is 4.79 Å². The number of hydrogen-bond acceptors (Lipinski definition) is 2. The SMILES string of the molecule is COc1ccc(-n2c(-c3ccccc3)cn(-c3ccccc3)c2=O)cc1. The summed E-state index contributed by atoms with van der Waals surface area (Å²) in [6.45, 7) is 0. The molecule has 4 nitrogen and oxygen atoms in total. The number of benzene rings is 3. The molecule has 0 spiro atoms. The van der Waals surface area contributed by atoms with Crippen molar-refractivity contribution in [2.75, 3.05) is 7.11 Å². The molecule has 0 fully saturated rings. The predicted molar refractivity (Wildman–Crippen MR) is 103 cm³/mol. The van der Waals surface area contributed by atoms with Crippen molar-refractivity contribution in [2.24, 2.45) is 0 Å². The Morgan fingerprint density at radius 1 is 0.731 bits per heavy atom. The highest BCUT2D eigenvalue weighted by Gasteiger charge is 2.15. The van der Waals surface area contributed by atoms with Crippen LogP contribution in [0.4, 0.5) is 0 Å². The van der Waals surface area contributed by atoms with E-state index in [0.717, 1.165) is 28.4 Å². The number of ether oxygens (including phenoxy) is 1. The maximum absolute atomic E-state index is 13.2. The molecule has 0 bridgehead atoms. The zero-order valence-electron chi connectivity index (χ0n) is 14.4. The molecule has 1 heterocycles. The van der Waals surface area contributed by atoms with Crippen molar-refractivity contribution in [3.05, 3.63) is 102 Å². The van der Waals surface area contributed by atoms with E-state index in [1.54, 1.807) is 16.2 Å². The molecule has 0 aliphatic rings. The highest BCUT2D eigenvalue weighted by atomic mass is 16.5. The quantitative estimate of drug-likeness (QED) is 0.554. The Labute approximate surface area is 151 Å². The van der Waals surface area contributed by atoms with Crippen molar-refractivity contribution in [1.82, 2.24) is 9.13 Å². The number of methoxy groups -OCH3 is 1. The summed E-state index contributed by atoms with van der Waals surface area (Å²) in [5.74, 6) is 0.755. The molecule has 128 valence electrons. The van der Waals surface area contributed by atoms with Gasteiger partial charge in [-0.2, -0.15) is 0 Å². The molecule has 4 heteroatoms. The van der Waals surface area contributed by atoms with Gasteiger partial charge in [-0.1, -0.05) is 48.5 Å². The van der Waals surface area contributed by atoms with Crippen LogP contribution in [0.1, 0.15) is 0 Å². The van der Waals surface area contributed by atoms with Gasteiger partial charge >= 0.3 is 5.69 Å². The van der Waals surface area contributed by atoms with Crippen LogP contribution in [0.3, 0.4) is 0 Å². The molecule has 1 aromatic heterocycles. The standard InChI is InChI=1S/C22H18N2O2/c1-26-20-14-12-19(13-15-20)24-21(17-8-4-2-5-9-17)16-23(22(24)25)18-10-6-3-7-11-18/h2-16H,1H3. The van der Waals surface area contributed by atoms with Crippen molar-refractivity contribution >= 4 is 0 Å². The minimum Gasteiger partial charge on any atom is -0.497 e. The maximum atomic E-state index is 13.2. The van der Waals surface area contributed by atoms with E-state index in [-0.39, 0.29) is 5.69 Å². The summed E-state index contributed by atoms with van der Waals surface area (Å²) in [6, 6.07) is 27.0. The Kier molecular flexibility index (Phi) is 4.15. The first-order valence-electron chi connectivity index (χ1n) is 8.37. The molecule has 0 N–H and O–H groups in total. The van der Waals surface area contributed by atoms with Gasteiger partial charge < -0.3 is 4.74 Å². The van der Waals surface area contributed by atoms with Crippen LogP contribution in [0.2, 0.25) is 0 Å². The highest BCUT2D eigenvalue weighted by molar-refractivity contribution is 5.63. The Bertz CT molecular complexity index is 1060. The van der Waals surface area contributed by atoms with E-state index < -0.39 is 0 Å². The molecule has 0 saturated heterocycles. The van der Waals surface area contributed by atoms with Gasteiger partial charge in [0.15, 0.2) is 0 Å².